The van der Waals surface area contributed by atoms with Gasteiger partial charge in [0.25, 0.3) is 0 Å². The van der Waals surface area contributed by atoms with Crippen LogP contribution in [0.2, 0.25) is 0 Å². The van der Waals surface area contributed by atoms with Crippen molar-refractivity contribution in [3.8, 4) is 0 Å². The molecule has 2 aromatic carbocycles. The zero-order valence-corrected chi connectivity index (χ0v) is 11.9. The Morgan fingerprint density at radius 3 is 2.75 bits per heavy atom. The Morgan fingerprint density at radius 2 is 1.95 bits per heavy atom. The minimum Gasteiger partial charge on any atom is -0.334 e. The summed E-state index contributed by atoms with van der Waals surface area (Å²) in [7, 11) is 0. The number of fused-ring (bicyclic) bond motifs is 1. The van der Waals surface area contributed by atoms with Gasteiger partial charge in [0.15, 0.2) is 0 Å². The zero-order chi connectivity index (χ0) is 13.1. The van der Waals surface area contributed by atoms with Gasteiger partial charge in [-0.3, -0.25) is 0 Å². The average Bonchev–Trinajstić information content (AvgIpc) is 2.92. The second-order valence-corrected chi connectivity index (χ2v) is 4.81. The van der Waals surface area contributed by atoms with Crippen LogP contribution in [0.25, 0.3) is 10.8 Å². The number of carbonyl (C=O) groups excluding carboxylic acids is 1. The monoisotopic (exact) mass is 291 g/mol. The molecule has 3 rings (SSSR count). The molecule has 1 aliphatic rings. The number of urea groups is 1. The van der Waals surface area contributed by atoms with E-state index in [1.807, 2.05) is 42.5 Å². The summed E-state index contributed by atoms with van der Waals surface area (Å²) in [6, 6.07) is 14.0. The summed E-state index contributed by atoms with van der Waals surface area (Å²) in [4.78, 5) is 12.0. The number of rotatable bonds is 2. The molecule has 1 saturated heterocycles. The first-order valence-corrected chi connectivity index (χ1v) is 6.59. The molecule has 4 nitrogen and oxygen atoms in total. The molecule has 5 heteroatoms. The summed E-state index contributed by atoms with van der Waals surface area (Å²) in [5, 5.41) is 11.3. The van der Waals surface area contributed by atoms with Crippen molar-refractivity contribution in [1.29, 1.82) is 0 Å². The van der Waals surface area contributed by atoms with Crippen molar-refractivity contribution in [2.45, 2.75) is 12.5 Å². The van der Waals surface area contributed by atoms with Crippen molar-refractivity contribution in [2.75, 3.05) is 18.4 Å². The Hall–Kier alpha value is -1.78. The van der Waals surface area contributed by atoms with Crippen LogP contribution in [0.4, 0.5) is 10.5 Å². The van der Waals surface area contributed by atoms with E-state index in [4.69, 9.17) is 0 Å². The lowest BCUT2D eigenvalue weighted by Crippen LogP contribution is -2.39. The maximum atomic E-state index is 12.0. The number of amides is 2. The SMILES string of the molecule is Cl.O=C(Nc1cccc2ccccc12)NC1CCNC1. The Labute approximate surface area is 124 Å². The Balaban J connectivity index is 0.00000147. The molecule has 0 radical (unpaired) electrons. The first kappa shape index (κ1) is 14.6. The van der Waals surface area contributed by atoms with E-state index in [-0.39, 0.29) is 24.5 Å². The third-order valence-corrected chi connectivity index (χ3v) is 3.43. The number of anilines is 1. The first-order chi connectivity index (χ1) is 9.33. The van der Waals surface area contributed by atoms with E-state index >= 15 is 0 Å². The van der Waals surface area contributed by atoms with Gasteiger partial charge in [0.2, 0.25) is 0 Å². The lowest BCUT2D eigenvalue weighted by molar-refractivity contribution is 0.249. The van der Waals surface area contributed by atoms with E-state index in [0.717, 1.165) is 36.0 Å². The minimum atomic E-state index is -0.134. The van der Waals surface area contributed by atoms with Gasteiger partial charge in [-0.05, 0) is 24.4 Å². The smallest absolute Gasteiger partial charge is 0.319 e. The highest BCUT2D eigenvalue weighted by molar-refractivity contribution is 6.01. The van der Waals surface area contributed by atoms with Crippen molar-refractivity contribution in [2.24, 2.45) is 0 Å². The van der Waals surface area contributed by atoms with Gasteiger partial charge in [-0.1, -0.05) is 36.4 Å². The Kier molecular flexibility index (Phi) is 4.82. The highest BCUT2D eigenvalue weighted by Crippen LogP contribution is 2.22. The van der Waals surface area contributed by atoms with Gasteiger partial charge < -0.3 is 16.0 Å². The van der Waals surface area contributed by atoms with E-state index in [9.17, 15) is 4.79 Å². The van der Waals surface area contributed by atoms with Crippen molar-refractivity contribution in [1.82, 2.24) is 10.6 Å². The maximum Gasteiger partial charge on any atom is 0.319 e. The quantitative estimate of drug-likeness (QED) is 0.797. The third kappa shape index (κ3) is 3.21. The molecule has 1 aliphatic heterocycles. The molecule has 0 spiro atoms. The van der Waals surface area contributed by atoms with Gasteiger partial charge in [-0.25, -0.2) is 4.79 Å². The van der Waals surface area contributed by atoms with Crippen LogP contribution in [0.1, 0.15) is 6.42 Å². The minimum absolute atomic E-state index is 0. The second-order valence-electron chi connectivity index (χ2n) is 4.81. The van der Waals surface area contributed by atoms with E-state index in [2.05, 4.69) is 16.0 Å². The highest BCUT2D eigenvalue weighted by atomic mass is 35.5. The molecule has 0 aliphatic carbocycles. The van der Waals surface area contributed by atoms with E-state index < -0.39 is 0 Å². The highest BCUT2D eigenvalue weighted by Gasteiger charge is 2.16. The standard InChI is InChI=1S/C15H17N3O.ClH/c19-15(17-12-8-9-16-10-12)18-14-7-3-5-11-4-1-2-6-13(11)14;/h1-7,12,16H,8-10H2,(H2,17,18,19);1H. The van der Waals surface area contributed by atoms with Gasteiger partial charge in [-0.2, -0.15) is 0 Å². The number of nitrogens with one attached hydrogen (secondary N) is 3. The summed E-state index contributed by atoms with van der Waals surface area (Å²) in [6.07, 6.45) is 0.989. The second kappa shape index (κ2) is 6.59. The third-order valence-electron chi connectivity index (χ3n) is 3.43. The van der Waals surface area contributed by atoms with Crippen LogP contribution in [0, 0.1) is 0 Å². The number of benzene rings is 2. The van der Waals surface area contributed by atoms with Gasteiger partial charge in [0.1, 0.15) is 0 Å². The van der Waals surface area contributed by atoms with Crippen LogP contribution < -0.4 is 16.0 Å². The zero-order valence-electron chi connectivity index (χ0n) is 11.1. The number of halogens is 1. The van der Waals surface area contributed by atoms with Gasteiger partial charge in [-0.15, -0.1) is 12.4 Å². The summed E-state index contributed by atoms with van der Waals surface area (Å²) < 4.78 is 0. The maximum absolute atomic E-state index is 12.0. The molecule has 1 heterocycles. The van der Waals surface area contributed by atoms with Gasteiger partial charge >= 0.3 is 6.03 Å². The Bertz CT molecular complexity index is 591. The molecule has 3 N–H and O–H groups in total. The van der Waals surface area contributed by atoms with Crippen LogP contribution in [0.15, 0.2) is 42.5 Å². The molecule has 20 heavy (non-hydrogen) atoms. The van der Waals surface area contributed by atoms with Crippen LogP contribution in [0.3, 0.4) is 0 Å². The molecule has 106 valence electrons. The lowest BCUT2D eigenvalue weighted by atomic mass is 10.1. The lowest BCUT2D eigenvalue weighted by Gasteiger charge is -2.13. The van der Waals surface area contributed by atoms with Crippen molar-refractivity contribution >= 4 is 34.9 Å². The molecular formula is C15H18ClN3O. The predicted molar refractivity (Wildman–Crippen MR) is 84.6 cm³/mol. The van der Waals surface area contributed by atoms with Crippen LogP contribution >= 0.6 is 12.4 Å². The fraction of sp³-hybridized carbons (Fsp3) is 0.267. The van der Waals surface area contributed by atoms with Gasteiger partial charge in [0.05, 0.1) is 5.69 Å². The van der Waals surface area contributed by atoms with Crippen LogP contribution in [-0.2, 0) is 0 Å². The summed E-state index contributed by atoms with van der Waals surface area (Å²) >= 11 is 0. The molecule has 0 aromatic heterocycles. The summed E-state index contributed by atoms with van der Waals surface area (Å²) in [6.45, 7) is 1.82. The van der Waals surface area contributed by atoms with Gasteiger partial charge in [0, 0.05) is 18.0 Å². The Morgan fingerprint density at radius 1 is 1.15 bits per heavy atom. The average molecular weight is 292 g/mol. The number of carbonyl (C=O) groups is 1. The predicted octanol–water partition coefficient (Wildman–Crippen LogP) is 2.75. The van der Waals surface area contributed by atoms with E-state index in [0.29, 0.717) is 0 Å². The van der Waals surface area contributed by atoms with E-state index in [1.54, 1.807) is 0 Å². The molecule has 1 atom stereocenters. The molecule has 0 bridgehead atoms. The fourth-order valence-electron chi connectivity index (χ4n) is 2.46. The fourth-order valence-corrected chi connectivity index (χ4v) is 2.46. The van der Waals surface area contributed by atoms with E-state index in [1.165, 1.54) is 0 Å². The van der Waals surface area contributed by atoms with Crippen molar-refractivity contribution < 1.29 is 4.79 Å². The topological polar surface area (TPSA) is 53.2 Å². The molecule has 1 unspecified atom stereocenters. The molecular weight excluding hydrogens is 274 g/mol. The normalized spacial score (nSPS) is 17.5. The van der Waals surface area contributed by atoms with Crippen LogP contribution in [0.5, 0.6) is 0 Å². The number of hydrogen-bond acceptors (Lipinski definition) is 2. The number of hydrogen-bond donors (Lipinski definition) is 3. The van der Waals surface area contributed by atoms with Crippen molar-refractivity contribution in [3.05, 3.63) is 42.5 Å². The summed E-state index contributed by atoms with van der Waals surface area (Å²) in [5.41, 5.74) is 0.849. The molecule has 2 aromatic rings. The summed E-state index contributed by atoms with van der Waals surface area (Å²) in [5.74, 6) is 0. The largest absolute Gasteiger partial charge is 0.334 e. The molecule has 2 amide bonds. The first-order valence-electron chi connectivity index (χ1n) is 6.59. The van der Waals surface area contributed by atoms with Crippen LogP contribution in [-0.4, -0.2) is 25.2 Å². The van der Waals surface area contributed by atoms with Crippen molar-refractivity contribution in [3.63, 3.8) is 0 Å². The molecule has 0 saturated carbocycles. The molecule has 1 fully saturated rings.